The molecule has 0 saturated carbocycles. The number of hydrogen-bond acceptors (Lipinski definition) is 3. The van der Waals surface area contributed by atoms with E-state index in [0.717, 1.165) is 32.1 Å². The zero-order valence-electron chi connectivity index (χ0n) is 29.8. The van der Waals surface area contributed by atoms with Gasteiger partial charge in [0.2, 0.25) is 0 Å². The van der Waals surface area contributed by atoms with E-state index in [4.69, 9.17) is 0 Å². The van der Waals surface area contributed by atoms with Crippen LogP contribution in [0.25, 0.3) is 0 Å². The van der Waals surface area contributed by atoms with Crippen molar-refractivity contribution in [3.05, 3.63) is 12.2 Å². The van der Waals surface area contributed by atoms with Crippen molar-refractivity contribution in [1.29, 1.82) is 0 Å². The van der Waals surface area contributed by atoms with E-state index in [1.54, 1.807) is 0 Å². The van der Waals surface area contributed by atoms with Crippen LogP contribution in [0.1, 0.15) is 169 Å². The Morgan fingerprint density at radius 3 is 1.04 bits per heavy atom. The summed E-state index contributed by atoms with van der Waals surface area (Å²) in [6, 6.07) is 0. The molecule has 3 atom stereocenters. The van der Waals surface area contributed by atoms with Crippen molar-refractivity contribution in [3.8, 4) is 0 Å². The molecule has 0 aliphatic heterocycles. The van der Waals surface area contributed by atoms with Crippen LogP contribution < -0.4 is 0 Å². The number of rotatable bonds is 33. The maximum absolute atomic E-state index is 12.0. The van der Waals surface area contributed by atoms with Crippen molar-refractivity contribution < 1.29 is 34.2 Å². The van der Waals surface area contributed by atoms with E-state index in [9.17, 15) is 29.7 Å². The lowest BCUT2D eigenvalue weighted by molar-refractivity contribution is -0.935. The number of unbranched alkanes of at least 4 members (excludes halogenated alkanes) is 17. The van der Waals surface area contributed by atoms with Gasteiger partial charge in [0, 0.05) is 0 Å². The normalized spacial score (nSPS) is 15.1. The molecular weight excluding hydrogens is 566 g/mol. The number of nitrogens with zero attached hydrogens (tertiary/aromatic N) is 1. The molecule has 45 heavy (non-hydrogen) atoms. The predicted molar refractivity (Wildman–Crippen MR) is 187 cm³/mol. The molecule has 0 aromatic carbocycles. The van der Waals surface area contributed by atoms with Crippen molar-refractivity contribution in [1.82, 2.24) is 0 Å². The van der Waals surface area contributed by atoms with Crippen LogP contribution in [0.2, 0.25) is 0 Å². The van der Waals surface area contributed by atoms with E-state index < -0.39 is 35.7 Å². The largest absolute Gasteiger partial charge is 0.481 e. The summed E-state index contributed by atoms with van der Waals surface area (Å²) in [6.07, 6.45) is 30.1. The van der Waals surface area contributed by atoms with E-state index in [-0.39, 0.29) is 24.1 Å². The highest BCUT2D eigenvalue weighted by Gasteiger charge is 2.40. The first-order valence-electron chi connectivity index (χ1n) is 18.8. The van der Waals surface area contributed by atoms with Gasteiger partial charge in [0.15, 0.2) is 0 Å². The van der Waals surface area contributed by atoms with Crippen LogP contribution in [0.5, 0.6) is 0 Å². The molecule has 0 heterocycles. The second-order valence-electron chi connectivity index (χ2n) is 13.6. The van der Waals surface area contributed by atoms with Gasteiger partial charge in [-0.2, -0.15) is 0 Å². The predicted octanol–water partition coefficient (Wildman–Crippen LogP) is 10.1. The smallest absolute Gasteiger partial charge is 0.312 e. The first kappa shape index (κ1) is 43.1. The van der Waals surface area contributed by atoms with Crippen molar-refractivity contribution in [2.24, 2.45) is 17.8 Å². The van der Waals surface area contributed by atoms with Gasteiger partial charge < -0.3 is 19.8 Å². The number of quaternary nitrogens is 1. The molecule has 0 bridgehead atoms. The Labute approximate surface area is 276 Å². The van der Waals surface area contributed by atoms with Gasteiger partial charge in [-0.3, -0.25) is 14.4 Å². The van der Waals surface area contributed by atoms with E-state index in [2.05, 4.69) is 19.1 Å². The summed E-state index contributed by atoms with van der Waals surface area (Å²) in [5.41, 5.74) is 0. The van der Waals surface area contributed by atoms with Crippen LogP contribution >= 0.6 is 0 Å². The van der Waals surface area contributed by atoms with E-state index >= 15 is 0 Å². The van der Waals surface area contributed by atoms with Gasteiger partial charge in [-0.25, -0.2) is 0 Å². The first-order valence-corrected chi connectivity index (χ1v) is 18.8. The van der Waals surface area contributed by atoms with Crippen LogP contribution in [0, 0.1) is 17.8 Å². The van der Waals surface area contributed by atoms with Gasteiger partial charge >= 0.3 is 17.9 Å². The van der Waals surface area contributed by atoms with Gasteiger partial charge in [0.25, 0.3) is 0 Å². The Bertz CT molecular complexity index is 722. The second kappa shape index (κ2) is 28.3. The quantitative estimate of drug-likeness (QED) is 0.0375. The Morgan fingerprint density at radius 1 is 0.467 bits per heavy atom. The molecular formula is C38H72NO6+. The van der Waals surface area contributed by atoms with Crippen molar-refractivity contribution >= 4 is 17.9 Å². The third-order valence-corrected chi connectivity index (χ3v) is 9.74. The highest BCUT2D eigenvalue weighted by molar-refractivity contribution is 5.71. The third-order valence-electron chi connectivity index (χ3n) is 9.74. The lowest BCUT2D eigenvalue weighted by atomic mass is 9.95. The van der Waals surface area contributed by atoms with Crippen molar-refractivity contribution in [3.63, 3.8) is 0 Å². The van der Waals surface area contributed by atoms with Gasteiger partial charge in [-0.05, 0) is 57.8 Å². The number of hydrogen-bond donors (Lipinski definition) is 3. The summed E-state index contributed by atoms with van der Waals surface area (Å²) in [5.74, 6) is -4.55. The minimum absolute atomic E-state index is 0.245. The number of carboxylic acids is 3. The topological polar surface area (TPSA) is 112 Å². The van der Waals surface area contributed by atoms with Gasteiger partial charge in [-0.1, -0.05) is 123 Å². The Hall–Kier alpha value is -1.89. The Kier molecular flexibility index (Phi) is 27.2. The lowest BCUT2D eigenvalue weighted by Gasteiger charge is -2.43. The molecule has 0 fully saturated rings. The van der Waals surface area contributed by atoms with Crippen LogP contribution in [-0.4, -0.2) is 63.9 Å². The monoisotopic (exact) mass is 639 g/mol. The van der Waals surface area contributed by atoms with Gasteiger partial charge in [0.1, 0.15) is 17.8 Å². The number of aliphatic carboxylic acids is 3. The summed E-state index contributed by atoms with van der Waals surface area (Å²) in [5, 5.41) is 29.5. The number of allylic oxidation sites excluding steroid dienone is 2. The molecule has 0 aliphatic rings. The minimum Gasteiger partial charge on any atom is -0.481 e. The lowest BCUT2D eigenvalue weighted by Crippen LogP contribution is -2.58. The molecule has 264 valence electrons. The molecule has 0 rings (SSSR count). The third kappa shape index (κ3) is 22.3. The highest BCUT2D eigenvalue weighted by atomic mass is 16.4. The zero-order chi connectivity index (χ0) is 33.8. The average molecular weight is 639 g/mol. The SMILES string of the molecule is CCCCCCCCCCCCCCCC/C=C/CCCCC[N+](CC(CC)C(=O)O)(CC(CC)C(=O)O)CC(CC)C(=O)O. The molecule has 3 N–H and O–H groups in total. The average Bonchev–Trinajstić information content (AvgIpc) is 3.01. The molecule has 3 unspecified atom stereocenters. The molecule has 0 radical (unpaired) electrons. The summed E-state index contributed by atoms with van der Waals surface area (Å²) >= 11 is 0. The maximum Gasteiger partial charge on any atom is 0.312 e. The van der Waals surface area contributed by atoms with Crippen LogP contribution in [0.3, 0.4) is 0 Å². The number of carbonyl (C=O) groups is 3. The first-order chi connectivity index (χ1) is 21.7. The minimum atomic E-state index is -0.893. The van der Waals surface area contributed by atoms with Crippen molar-refractivity contribution in [2.45, 2.75) is 169 Å². The van der Waals surface area contributed by atoms with E-state index in [1.165, 1.54) is 89.9 Å². The van der Waals surface area contributed by atoms with Crippen LogP contribution in [0.4, 0.5) is 0 Å². The molecule has 0 saturated heterocycles. The van der Waals surface area contributed by atoms with Gasteiger partial charge in [0.05, 0.1) is 26.2 Å². The molecule has 7 heteroatoms. The molecule has 0 amide bonds. The molecule has 7 nitrogen and oxygen atoms in total. The molecule has 0 aliphatic carbocycles. The Morgan fingerprint density at radius 2 is 0.756 bits per heavy atom. The zero-order valence-corrected chi connectivity index (χ0v) is 29.8. The van der Waals surface area contributed by atoms with E-state index in [1.807, 2.05) is 20.8 Å². The fourth-order valence-corrected chi connectivity index (χ4v) is 6.62. The fourth-order valence-electron chi connectivity index (χ4n) is 6.62. The molecule has 0 spiro atoms. The number of carboxylic acid groups (broad SMARTS) is 3. The van der Waals surface area contributed by atoms with Gasteiger partial charge in [-0.15, -0.1) is 0 Å². The summed E-state index contributed by atoms with van der Waals surface area (Å²) in [6.45, 7) is 9.22. The van der Waals surface area contributed by atoms with Crippen LogP contribution in [-0.2, 0) is 14.4 Å². The fraction of sp³-hybridized carbons (Fsp3) is 0.868. The molecule has 0 aromatic rings. The Balaban J connectivity index is 4.55. The van der Waals surface area contributed by atoms with E-state index in [0.29, 0.717) is 25.8 Å². The standard InChI is InChI=1S/C38H71NO6/c1-5-9-10-11-12-13-14-15-16-17-18-19-20-21-22-23-24-25-26-27-28-29-39(30-33(6-2)36(40)41,31-34(7-3)37(42)43)32-35(8-4)38(44)45/h23-24,33-35H,5-22,25-32H2,1-4H3,(H2-,40,41,42,43,44,45)/p+1/b24-23+. The highest BCUT2D eigenvalue weighted by Crippen LogP contribution is 2.25. The maximum atomic E-state index is 12.0. The summed E-state index contributed by atoms with van der Waals surface area (Å²) < 4.78 is 0.245. The second-order valence-corrected chi connectivity index (χ2v) is 13.6. The summed E-state index contributed by atoms with van der Waals surface area (Å²) in [4.78, 5) is 36.0. The van der Waals surface area contributed by atoms with Crippen LogP contribution in [0.15, 0.2) is 12.2 Å². The summed E-state index contributed by atoms with van der Waals surface area (Å²) in [7, 11) is 0. The van der Waals surface area contributed by atoms with Crippen molar-refractivity contribution in [2.75, 3.05) is 26.2 Å². The molecule has 0 aromatic heterocycles.